The van der Waals surface area contributed by atoms with Gasteiger partial charge >= 0.3 is 17.9 Å². The number of benzene rings is 5. The predicted octanol–water partition coefficient (Wildman–Crippen LogP) is 10.0. The van der Waals surface area contributed by atoms with Crippen LogP contribution < -0.4 is 14.2 Å². The van der Waals surface area contributed by atoms with E-state index in [4.69, 9.17) is 23.7 Å². The highest BCUT2D eigenvalue weighted by Crippen LogP contribution is 2.48. The summed E-state index contributed by atoms with van der Waals surface area (Å²) in [6, 6.07) is 28.4. The van der Waals surface area contributed by atoms with Gasteiger partial charge in [0.25, 0.3) is 11.8 Å². The Bertz CT molecular complexity index is 2430. The molecule has 5 aromatic rings. The highest BCUT2D eigenvalue weighted by Gasteiger charge is 2.28. The molecule has 0 aliphatic heterocycles. The van der Waals surface area contributed by atoms with Crippen molar-refractivity contribution in [3.63, 3.8) is 0 Å². The molecule has 0 spiro atoms. The first-order valence-electron chi connectivity index (χ1n) is 24.5. The van der Waals surface area contributed by atoms with E-state index in [0.29, 0.717) is 114 Å². The number of carbonyl (C=O) groups is 5. The van der Waals surface area contributed by atoms with Crippen LogP contribution in [0.4, 0.5) is 0 Å². The molecule has 384 valence electrons. The van der Waals surface area contributed by atoms with Crippen molar-refractivity contribution in [2.24, 2.45) is 0 Å². The van der Waals surface area contributed by atoms with Crippen LogP contribution in [0.1, 0.15) is 101 Å². The van der Waals surface area contributed by atoms with E-state index in [1.54, 1.807) is 82.6 Å². The van der Waals surface area contributed by atoms with Gasteiger partial charge in [0, 0.05) is 97.1 Å². The van der Waals surface area contributed by atoms with Gasteiger partial charge in [-0.1, -0.05) is 75.2 Å². The maximum Gasteiger partial charge on any atom is 0.341 e. The van der Waals surface area contributed by atoms with E-state index >= 15 is 0 Å². The first kappa shape index (κ1) is 55.7. The maximum atomic E-state index is 14.2. The minimum absolute atomic E-state index is 0.00773. The van der Waals surface area contributed by atoms with E-state index in [9.17, 15) is 39.3 Å². The zero-order valence-corrected chi connectivity index (χ0v) is 42.1. The molecule has 0 atom stereocenters. The minimum atomic E-state index is -1.28. The first-order valence-corrected chi connectivity index (χ1v) is 24.5. The van der Waals surface area contributed by atoms with Crippen LogP contribution in [0.15, 0.2) is 97.1 Å². The number of carboxylic acids is 3. The Hall–Kier alpha value is -7.23. The van der Waals surface area contributed by atoms with Gasteiger partial charge in [-0.3, -0.25) is 9.59 Å². The number of nitrogens with zero attached hydrogens (tertiary/aromatic N) is 2. The molecule has 0 saturated heterocycles. The van der Waals surface area contributed by atoms with Crippen LogP contribution in [-0.2, 0) is 36.9 Å². The van der Waals surface area contributed by atoms with Crippen molar-refractivity contribution in [3.8, 4) is 39.5 Å². The number of rotatable bonds is 31. The Morgan fingerprint density at radius 1 is 0.444 bits per heavy atom. The molecule has 5 aromatic carbocycles. The highest BCUT2D eigenvalue weighted by molar-refractivity contribution is 5.95. The number of carbonyl (C=O) groups excluding carboxylic acids is 2. The van der Waals surface area contributed by atoms with Gasteiger partial charge in [0.05, 0.1) is 0 Å². The van der Waals surface area contributed by atoms with E-state index in [1.165, 1.54) is 0 Å². The quantitative estimate of drug-likeness (QED) is 0.0355. The summed E-state index contributed by atoms with van der Waals surface area (Å²) < 4.78 is 30.3. The molecule has 0 saturated carbocycles. The van der Waals surface area contributed by atoms with E-state index in [0.717, 1.165) is 25.7 Å². The summed E-state index contributed by atoms with van der Waals surface area (Å²) in [5.41, 5.74) is 5.35. The van der Waals surface area contributed by atoms with Gasteiger partial charge in [-0.05, 0) is 112 Å². The molecule has 15 heteroatoms. The third-order valence-electron chi connectivity index (χ3n) is 11.5. The summed E-state index contributed by atoms with van der Waals surface area (Å²) in [5, 5.41) is 30.1. The second kappa shape index (κ2) is 28.6. The molecule has 0 heterocycles. The molecule has 0 unspecified atom stereocenters. The monoisotopic (exact) mass is 988 g/mol. The molecule has 0 aliphatic rings. The van der Waals surface area contributed by atoms with Gasteiger partial charge in [0.1, 0.15) is 17.2 Å². The molecule has 0 bridgehead atoms. The number of amides is 2. The number of ether oxygens (including phenoxy) is 5. The molecule has 5 rings (SSSR count). The van der Waals surface area contributed by atoms with Crippen LogP contribution >= 0.6 is 0 Å². The second-order valence-electron chi connectivity index (χ2n) is 17.7. The summed E-state index contributed by atoms with van der Waals surface area (Å²) in [6.07, 6.45) is 4.84. The van der Waals surface area contributed by atoms with Crippen molar-refractivity contribution in [1.82, 2.24) is 9.80 Å². The molecule has 2 amide bonds. The Morgan fingerprint density at radius 3 is 1.11 bits per heavy atom. The third kappa shape index (κ3) is 16.7. The molecule has 3 N–H and O–H groups in total. The highest BCUT2D eigenvalue weighted by atomic mass is 16.5. The summed E-state index contributed by atoms with van der Waals surface area (Å²) in [6.45, 7) is 10.0. The Labute approximate surface area is 422 Å². The Balaban J connectivity index is 1.72. The van der Waals surface area contributed by atoms with Crippen molar-refractivity contribution in [2.75, 3.05) is 59.3 Å². The fourth-order valence-electron chi connectivity index (χ4n) is 8.26. The topological polar surface area (TPSA) is 199 Å². The van der Waals surface area contributed by atoms with Gasteiger partial charge < -0.3 is 48.8 Å². The van der Waals surface area contributed by atoms with Crippen LogP contribution in [0.2, 0.25) is 0 Å². The fraction of sp³-hybridized carbons (Fsp3) is 0.386. The maximum absolute atomic E-state index is 14.2. The predicted molar refractivity (Wildman–Crippen MR) is 274 cm³/mol. The lowest BCUT2D eigenvalue weighted by Gasteiger charge is -2.27. The second-order valence-corrected chi connectivity index (χ2v) is 17.7. The lowest BCUT2D eigenvalue weighted by atomic mass is 9.90. The molecule has 15 nitrogen and oxygen atoms in total. The molecule has 0 aliphatic carbocycles. The average Bonchev–Trinajstić information content (AvgIpc) is 3.36. The SMILES string of the molecule is CCCCOCCCN(Cc1cc(C)cc(-c2cc(C)cc(-c3cc(C)cc(CN(CCCOCCCC)C(=O)c4ccccc4)c3OCC(=O)O)c2OCC(=O)O)c1OCC(=O)O)C(=O)c1ccccc1. The summed E-state index contributed by atoms with van der Waals surface area (Å²) in [7, 11) is 0. The summed E-state index contributed by atoms with van der Waals surface area (Å²) in [5.74, 6) is -3.98. The van der Waals surface area contributed by atoms with Crippen molar-refractivity contribution >= 4 is 29.7 Å². The largest absolute Gasteiger partial charge is 0.481 e. The standard InChI is InChI=1S/C57H68N2O13/c1-6-8-24-68-26-16-22-58(56(66)42-18-12-10-13-19-42)34-44-28-39(3)30-46(53(44)70-36-50(60)61)48-32-41(5)33-49(55(48)72-38-52(64)65)47-31-40(4)29-45(54(47)71-37-51(62)63)35-59(23-17-27-69-25-9-7-2)57(67)43-20-14-11-15-21-43/h10-15,18-21,28-33H,6-9,16-17,22-27,34-38H2,1-5H3,(H,60,61)(H,62,63)(H,64,65). The Kier molecular flexibility index (Phi) is 22.1. The number of aryl methyl sites for hydroxylation is 3. The molecule has 0 fully saturated rings. The molecule has 72 heavy (non-hydrogen) atoms. The zero-order chi connectivity index (χ0) is 52.0. The van der Waals surface area contributed by atoms with Crippen molar-refractivity contribution in [2.45, 2.75) is 86.2 Å². The fourth-order valence-corrected chi connectivity index (χ4v) is 8.26. The number of hydrogen-bond donors (Lipinski definition) is 3. The van der Waals surface area contributed by atoms with Gasteiger partial charge in [0.15, 0.2) is 19.8 Å². The lowest BCUT2D eigenvalue weighted by molar-refractivity contribution is -0.140. The first-order chi connectivity index (χ1) is 34.7. The molecule has 0 radical (unpaired) electrons. The van der Waals surface area contributed by atoms with Crippen LogP contribution in [0.3, 0.4) is 0 Å². The molecular formula is C57H68N2O13. The lowest BCUT2D eigenvalue weighted by Crippen LogP contribution is -2.32. The van der Waals surface area contributed by atoms with E-state index < -0.39 is 37.7 Å². The average molecular weight is 989 g/mol. The third-order valence-corrected chi connectivity index (χ3v) is 11.5. The van der Waals surface area contributed by atoms with Gasteiger partial charge in [0.2, 0.25) is 0 Å². The molecule has 0 aromatic heterocycles. The van der Waals surface area contributed by atoms with Crippen molar-refractivity contribution in [3.05, 3.63) is 136 Å². The minimum Gasteiger partial charge on any atom is -0.481 e. The van der Waals surface area contributed by atoms with Crippen LogP contribution in [0, 0.1) is 20.8 Å². The molecular weight excluding hydrogens is 921 g/mol. The van der Waals surface area contributed by atoms with Crippen LogP contribution in [-0.4, -0.2) is 114 Å². The van der Waals surface area contributed by atoms with Gasteiger partial charge in [-0.2, -0.15) is 0 Å². The zero-order valence-electron chi connectivity index (χ0n) is 42.1. The van der Waals surface area contributed by atoms with Gasteiger partial charge in [-0.25, -0.2) is 14.4 Å². The smallest absolute Gasteiger partial charge is 0.341 e. The van der Waals surface area contributed by atoms with E-state index in [-0.39, 0.29) is 42.2 Å². The Morgan fingerprint density at radius 2 is 0.764 bits per heavy atom. The van der Waals surface area contributed by atoms with Gasteiger partial charge in [-0.15, -0.1) is 0 Å². The number of unbranched alkanes of at least 4 members (excludes halogenated alkanes) is 2. The van der Waals surface area contributed by atoms with Crippen LogP contribution in [0.5, 0.6) is 17.2 Å². The normalized spacial score (nSPS) is 11.0. The van der Waals surface area contributed by atoms with Crippen molar-refractivity contribution < 1.29 is 63.0 Å². The summed E-state index contributed by atoms with van der Waals surface area (Å²) in [4.78, 5) is 68.7. The van der Waals surface area contributed by atoms with Crippen LogP contribution in [0.25, 0.3) is 22.3 Å². The van der Waals surface area contributed by atoms with E-state index in [2.05, 4.69) is 13.8 Å². The van der Waals surface area contributed by atoms with Crippen molar-refractivity contribution in [1.29, 1.82) is 0 Å². The number of aliphatic carboxylic acids is 3. The number of hydrogen-bond acceptors (Lipinski definition) is 10. The number of carboxylic acid groups (broad SMARTS) is 3. The summed E-state index contributed by atoms with van der Waals surface area (Å²) >= 11 is 0. The van der Waals surface area contributed by atoms with E-state index in [1.807, 2.05) is 45.0 Å².